The number of imidazole rings is 1. The van der Waals surface area contributed by atoms with Crippen molar-refractivity contribution in [1.29, 1.82) is 0 Å². The molecule has 0 aliphatic heterocycles. The number of nitrogen functional groups attached to an aromatic ring is 1. The number of benzene rings is 3. The predicted octanol–water partition coefficient (Wildman–Crippen LogP) is 3.58. The summed E-state index contributed by atoms with van der Waals surface area (Å²) < 4.78 is 9.48. The smallest absolute Gasteiger partial charge is 0.354 e. The lowest BCUT2D eigenvalue weighted by atomic mass is 9.95. The quantitative estimate of drug-likeness (QED) is 0.309. The van der Waals surface area contributed by atoms with Gasteiger partial charge >= 0.3 is 16.9 Å². The van der Waals surface area contributed by atoms with Crippen LogP contribution in [-0.2, 0) is 24.5 Å². The van der Waals surface area contributed by atoms with Gasteiger partial charge in [0.05, 0.1) is 23.3 Å². The van der Waals surface area contributed by atoms with E-state index in [2.05, 4.69) is 10.1 Å². The second-order valence-electron chi connectivity index (χ2n) is 10.3. The molecule has 0 amide bonds. The van der Waals surface area contributed by atoms with Crippen LogP contribution in [-0.4, -0.2) is 23.9 Å². The Labute approximate surface area is 230 Å². The summed E-state index contributed by atoms with van der Waals surface area (Å²) in [6, 6.07) is 19.2. The van der Waals surface area contributed by atoms with Crippen molar-refractivity contribution >= 4 is 16.9 Å². The first-order chi connectivity index (χ1) is 19.1. The lowest BCUT2D eigenvalue weighted by Crippen LogP contribution is -2.42. The van der Waals surface area contributed by atoms with Crippen LogP contribution in [0.5, 0.6) is 0 Å². The topological polar surface area (TPSA) is 130 Å². The summed E-state index contributed by atoms with van der Waals surface area (Å²) in [7, 11) is 0. The van der Waals surface area contributed by atoms with Crippen molar-refractivity contribution in [1.82, 2.24) is 23.9 Å². The van der Waals surface area contributed by atoms with Crippen molar-refractivity contribution in [3.63, 3.8) is 0 Å². The predicted molar refractivity (Wildman–Crippen MR) is 155 cm³/mol. The van der Waals surface area contributed by atoms with Gasteiger partial charge in [0.1, 0.15) is 6.73 Å². The zero-order chi connectivity index (χ0) is 28.6. The van der Waals surface area contributed by atoms with E-state index >= 15 is 0 Å². The Balaban J connectivity index is 1.45. The van der Waals surface area contributed by atoms with Crippen molar-refractivity contribution in [3.05, 3.63) is 120 Å². The van der Waals surface area contributed by atoms with E-state index in [9.17, 15) is 14.4 Å². The normalized spacial score (nSPS) is 11.5. The first kappa shape index (κ1) is 26.9. The second-order valence-corrected chi connectivity index (χ2v) is 10.3. The van der Waals surface area contributed by atoms with Gasteiger partial charge < -0.3 is 15.5 Å². The third-order valence-electron chi connectivity index (χ3n) is 7.02. The summed E-state index contributed by atoms with van der Waals surface area (Å²) in [5, 5.41) is 4.09. The minimum atomic E-state index is -0.695. The third kappa shape index (κ3) is 5.13. The molecular formula is C30H32N6O4. The molecule has 40 heavy (non-hydrogen) atoms. The summed E-state index contributed by atoms with van der Waals surface area (Å²) in [4.78, 5) is 41.2. The average Bonchev–Trinajstić information content (AvgIpc) is 3.26. The van der Waals surface area contributed by atoms with Gasteiger partial charge in [-0.05, 0) is 86.2 Å². The number of ether oxygens (including phenoxy) is 1. The number of hydrogen-bond donors (Lipinski definition) is 2. The number of nitrogens with zero attached hydrogens (tertiary/aromatic N) is 4. The van der Waals surface area contributed by atoms with Crippen LogP contribution in [0.2, 0.25) is 0 Å². The first-order valence-corrected chi connectivity index (χ1v) is 13.1. The molecule has 0 fully saturated rings. The van der Waals surface area contributed by atoms with Gasteiger partial charge in [-0.15, -0.1) is 5.10 Å². The highest BCUT2D eigenvalue weighted by Crippen LogP contribution is 2.24. The Bertz CT molecular complexity index is 1860. The number of anilines is 1. The van der Waals surface area contributed by atoms with E-state index in [1.807, 2.05) is 88.4 Å². The van der Waals surface area contributed by atoms with Crippen LogP contribution < -0.4 is 22.7 Å². The van der Waals surface area contributed by atoms with E-state index in [0.717, 1.165) is 48.1 Å². The molecule has 3 aromatic carbocycles. The maximum Gasteiger partial charge on any atom is 0.354 e. The number of nitrogens with two attached hydrogens (primary N) is 1. The molecule has 5 aromatic rings. The van der Waals surface area contributed by atoms with Crippen molar-refractivity contribution in [3.8, 4) is 5.69 Å². The lowest BCUT2D eigenvalue weighted by molar-refractivity contribution is 0.0580. The highest BCUT2D eigenvalue weighted by Gasteiger charge is 2.16. The molecule has 206 valence electrons. The molecule has 0 atom stereocenters. The van der Waals surface area contributed by atoms with E-state index in [1.54, 1.807) is 4.57 Å². The largest absolute Gasteiger partial charge is 0.378 e. The van der Waals surface area contributed by atoms with Crippen LogP contribution in [0.3, 0.4) is 0 Å². The highest BCUT2D eigenvalue weighted by molar-refractivity contribution is 5.76. The van der Waals surface area contributed by atoms with Gasteiger partial charge in [-0.3, -0.25) is 9.36 Å². The fourth-order valence-corrected chi connectivity index (χ4v) is 5.01. The lowest BCUT2D eigenvalue weighted by Gasteiger charge is -2.15. The summed E-state index contributed by atoms with van der Waals surface area (Å²) in [5.41, 5.74) is 11.6. The molecule has 0 aliphatic carbocycles. The molecule has 5 rings (SSSR count). The highest BCUT2D eigenvalue weighted by atomic mass is 16.5. The van der Waals surface area contributed by atoms with Crippen molar-refractivity contribution in [2.45, 2.75) is 53.5 Å². The summed E-state index contributed by atoms with van der Waals surface area (Å²) in [6.07, 6.45) is 0.642. The van der Waals surface area contributed by atoms with Crippen molar-refractivity contribution in [2.75, 3.05) is 5.73 Å². The van der Waals surface area contributed by atoms with Gasteiger partial charge in [-0.1, -0.05) is 36.4 Å². The number of rotatable bonds is 8. The molecule has 0 saturated heterocycles. The van der Waals surface area contributed by atoms with Gasteiger partial charge in [-0.25, -0.2) is 14.2 Å². The summed E-state index contributed by atoms with van der Waals surface area (Å²) in [6.45, 7) is 7.89. The number of aromatic amines is 1. The van der Waals surface area contributed by atoms with Gasteiger partial charge in [0, 0.05) is 6.04 Å². The third-order valence-corrected chi connectivity index (χ3v) is 7.02. The maximum atomic E-state index is 13.3. The van der Waals surface area contributed by atoms with Crippen LogP contribution in [0.15, 0.2) is 75.0 Å². The second kappa shape index (κ2) is 10.8. The van der Waals surface area contributed by atoms with E-state index in [4.69, 9.17) is 10.5 Å². The molecule has 2 heterocycles. The summed E-state index contributed by atoms with van der Waals surface area (Å²) >= 11 is 0. The van der Waals surface area contributed by atoms with E-state index < -0.39 is 11.2 Å². The minimum absolute atomic E-state index is 0.0320. The van der Waals surface area contributed by atoms with Crippen molar-refractivity contribution in [2.24, 2.45) is 0 Å². The van der Waals surface area contributed by atoms with Gasteiger partial charge in [-0.2, -0.15) is 4.68 Å². The Morgan fingerprint density at radius 1 is 0.950 bits per heavy atom. The molecule has 10 nitrogen and oxygen atoms in total. The number of aromatic nitrogens is 5. The average molecular weight is 541 g/mol. The van der Waals surface area contributed by atoms with E-state index in [1.165, 1.54) is 0 Å². The first-order valence-electron chi connectivity index (χ1n) is 13.1. The van der Waals surface area contributed by atoms with Crippen molar-refractivity contribution < 1.29 is 4.74 Å². The maximum absolute atomic E-state index is 13.3. The standard InChI is InChI=1S/C30H32N6O4/c1-18(2)35-26-15-22(10-11-25(26)32-29(35)38)14-24-19(3)12-23(13-20(24)4)36-30(39)34(28(37)27(31)33-36)17-40-16-21-8-6-5-7-9-21/h5-13,15,18H,14,16-17H2,1-4H3,(H2,31,33)(H,32,38). The number of hydrogen-bond acceptors (Lipinski definition) is 6. The van der Waals surface area contributed by atoms with Crippen LogP contribution >= 0.6 is 0 Å². The molecule has 0 aliphatic rings. The number of aryl methyl sites for hydroxylation is 2. The molecule has 0 radical (unpaired) electrons. The fourth-order valence-electron chi connectivity index (χ4n) is 5.01. The zero-order valence-electron chi connectivity index (χ0n) is 23.0. The number of H-pyrrole nitrogens is 1. The van der Waals surface area contributed by atoms with Crippen LogP contribution in [0.4, 0.5) is 5.82 Å². The minimum Gasteiger partial charge on any atom is -0.378 e. The number of nitrogens with one attached hydrogen (secondary N) is 1. The molecular weight excluding hydrogens is 508 g/mol. The molecule has 3 N–H and O–H groups in total. The Morgan fingerprint density at radius 3 is 2.33 bits per heavy atom. The summed E-state index contributed by atoms with van der Waals surface area (Å²) in [5.74, 6) is -0.293. The number of fused-ring (bicyclic) bond motifs is 1. The molecule has 0 unspecified atom stereocenters. The van der Waals surface area contributed by atoms with E-state index in [0.29, 0.717) is 12.1 Å². The zero-order valence-corrected chi connectivity index (χ0v) is 23.0. The van der Waals surface area contributed by atoms with Gasteiger partial charge in [0.25, 0.3) is 0 Å². The van der Waals surface area contributed by atoms with Crippen LogP contribution in [0.25, 0.3) is 16.7 Å². The Kier molecular flexibility index (Phi) is 7.27. The van der Waals surface area contributed by atoms with Gasteiger partial charge in [0.15, 0.2) is 0 Å². The van der Waals surface area contributed by atoms with Crippen LogP contribution in [0, 0.1) is 13.8 Å². The van der Waals surface area contributed by atoms with Gasteiger partial charge in [0.2, 0.25) is 5.82 Å². The molecule has 0 spiro atoms. The SMILES string of the molecule is Cc1cc(-n2nc(N)c(=O)n(COCc3ccccc3)c2=O)cc(C)c1Cc1ccc2[nH]c(=O)n(C(C)C)c2c1. The fraction of sp³-hybridized carbons (Fsp3) is 0.267. The van der Waals surface area contributed by atoms with E-state index in [-0.39, 0.29) is 30.9 Å². The van der Waals surface area contributed by atoms with Crippen LogP contribution in [0.1, 0.15) is 47.7 Å². The molecule has 2 aromatic heterocycles. The Morgan fingerprint density at radius 2 is 1.65 bits per heavy atom. The Hall–Kier alpha value is -4.70. The molecule has 0 bridgehead atoms. The molecule has 0 saturated carbocycles. The monoisotopic (exact) mass is 540 g/mol. The molecule has 10 heteroatoms.